The average molecular weight is 375 g/mol. The van der Waals surface area contributed by atoms with Crippen molar-refractivity contribution in [2.45, 2.75) is 13.8 Å². The molecule has 2 aromatic carbocycles. The van der Waals surface area contributed by atoms with Gasteiger partial charge >= 0.3 is 0 Å². The molecule has 0 radical (unpaired) electrons. The maximum Gasteiger partial charge on any atom is 0.274 e. The zero-order valence-electron chi connectivity index (χ0n) is 15.9. The number of carbonyl (C=O) groups excluding carboxylic acids is 2. The van der Waals surface area contributed by atoms with Crippen molar-refractivity contribution >= 4 is 23.2 Å². The molecule has 3 rings (SSSR count). The first-order chi connectivity index (χ1) is 13.4. The molecule has 0 unspecified atom stereocenters. The molecule has 2 amide bonds. The van der Waals surface area contributed by atoms with Gasteiger partial charge in [-0.2, -0.15) is 0 Å². The quantitative estimate of drug-likeness (QED) is 0.700. The van der Waals surface area contributed by atoms with E-state index in [1.54, 1.807) is 49.6 Å². The number of carbonyl (C=O) groups is 2. The number of pyridine rings is 1. The molecule has 0 saturated heterocycles. The number of hydrogen-bond donors (Lipinski definition) is 2. The van der Waals surface area contributed by atoms with Crippen molar-refractivity contribution < 1.29 is 14.3 Å². The van der Waals surface area contributed by atoms with Gasteiger partial charge in [-0.1, -0.05) is 18.2 Å². The number of methoxy groups -OCH3 is 1. The van der Waals surface area contributed by atoms with Gasteiger partial charge in [0.25, 0.3) is 11.8 Å². The third kappa shape index (κ3) is 4.73. The number of nitrogens with zero attached hydrogens (tertiary/aromatic N) is 1. The maximum absolute atomic E-state index is 12.5. The summed E-state index contributed by atoms with van der Waals surface area (Å²) in [4.78, 5) is 29.2. The first kappa shape index (κ1) is 19.1. The van der Waals surface area contributed by atoms with Crippen LogP contribution in [0.25, 0.3) is 0 Å². The molecule has 6 heteroatoms. The number of amides is 2. The third-order valence-electron chi connectivity index (χ3n) is 4.02. The standard InChI is InChI=1S/C22H21N3O3/c1-14-10-15(2)12-17(11-14)24-22(27)20-9-5-8-19(25-20)21(26)23-16-6-4-7-18(13-16)28-3/h4-13H,1-3H3,(H,23,26)(H,24,27). The van der Waals surface area contributed by atoms with Crippen molar-refractivity contribution in [3.63, 3.8) is 0 Å². The largest absolute Gasteiger partial charge is 0.497 e. The van der Waals surface area contributed by atoms with Gasteiger partial charge in [0.15, 0.2) is 0 Å². The fourth-order valence-electron chi connectivity index (χ4n) is 2.83. The molecular weight excluding hydrogens is 354 g/mol. The van der Waals surface area contributed by atoms with Gasteiger partial charge in [-0.15, -0.1) is 0 Å². The van der Waals surface area contributed by atoms with Crippen LogP contribution in [0.15, 0.2) is 60.7 Å². The minimum atomic E-state index is -0.408. The summed E-state index contributed by atoms with van der Waals surface area (Å²) in [6, 6.07) is 17.5. The highest BCUT2D eigenvalue weighted by Crippen LogP contribution is 2.18. The molecule has 0 bridgehead atoms. The minimum Gasteiger partial charge on any atom is -0.497 e. The molecule has 0 aliphatic rings. The van der Waals surface area contributed by atoms with Crippen LogP contribution in [0.4, 0.5) is 11.4 Å². The molecule has 3 aromatic rings. The van der Waals surface area contributed by atoms with Crippen molar-refractivity contribution in [1.29, 1.82) is 0 Å². The van der Waals surface area contributed by atoms with Gasteiger partial charge in [-0.3, -0.25) is 9.59 Å². The Labute approximate surface area is 163 Å². The van der Waals surface area contributed by atoms with E-state index in [0.717, 1.165) is 11.1 Å². The Balaban J connectivity index is 1.75. The van der Waals surface area contributed by atoms with Crippen molar-refractivity contribution in [1.82, 2.24) is 4.98 Å². The lowest BCUT2D eigenvalue weighted by Crippen LogP contribution is -2.18. The summed E-state index contributed by atoms with van der Waals surface area (Å²) < 4.78 is 5.15. The normalized spacial score (nSPS) is 10.2. The van der Waals surface area contributed by atoms with Crippen molar-refractivity contribution in [3.8, 4) is 5.75 Å². The molecule has 2 N–H and O–H groups in total. The summed E-state index contributed by atoms with van der Waals surface area (Å²) >= 11 is 0. The maximum atomic E-state index is 12.5. The first-order valence-electron chi connectivity index (χ1n) is 8.77. The molecule has 0 fully saturated rings. The second kappa shape index (κ2) is 8.35. The summed E-state index contributed by atoms with van der Waals surface area (Å²) in [7, 11) is 1.56. The zero-order chi connectivity index (χ0) is 20.1. The van der Waals surface area contributed by atoms with Crippen molar-refractivity contribution in [2.24, 2.45) is 0 Å². The lowest BCUT2D eigenvalue weighted by Gasteiger charge is -2.09. The topological polar surface area (TPSA) is 80.3 Å². The van der Waals surface area contributed by atoms with Gasteiger partial charge in [0.2, 0.25) is 0 Å². The van der Waals surface area contributed by atoms with E-state index in [1.807, 2.05) is 32.0 Å². The number of benzene rings is 2. The van der Waals surface area contributed by atoms with Crippen molar-refractivity contribution in [3.05, 3.63) is 83.2 Å². The van der Waals surface area contributed by atoms with E-state index in [0.29, 0.717) is 17.1 Å². The minimum absolute atomic E-state index is 0.149. The van der Waals surface area contributed by atoms with E-state index in [-0.39, 0.29) is 17.3 Å². The Bertz CT molecular complexity index is 1010. The molecule has 1 heterocycles. The molecule has 0 atom stereocenters. The summed E-state index contributed by atoms with van der Waals surface area (Å²) in [6.07, 6.45) is 0. The molecule has 0 saturated carbocycles. The highest BCUT2D eigenvalue weighted by molar-refractivity contribution is 6.06. The van der Waals surface area contributed by atoms with Gasteiger partial charge in [0.1, 0.15) is 17.1 Å². The monoisotopic (exact) mass is 375 g/mol. The molecule has 6 nitrogen and oxygen atoms in total. The van der Waals surface area contributed by atoms with Crippen LogP contribution in [0.1, 0.15) is 32.1 Å². The van der Waals surface area contributed by atoms with Crippen LogP contribution < -0.4 is 15.4 Å². The predicted octanol–water partition coefficient (Wildman–Crippen LogP) is 4.21. The van der Waals surface area contributed by atoms with E-state index >= 15 is 0 Å². The van der Waals surface area contributed by atoms with Crippen LogP contribution in [-0.4, -0.2) is 23.9 Å². The van der Waals surface area contributed by atoms with Crippen LogP contribution >= 0.6 is 0 Å². The predicted molar refractivity (Wildman–Crippen MR) is 109 cm³/mol. The Morgan fingerprint density at radius 1 is 0.786 bits per heavy atom. The number of aromatic nitrogens is 1. The first-order valence-corrected chi connectivity index (χ1v) is 8.77. The van der Waals surface area contributed by atoms with Crippen LogP contribution in [0.5, 0.6) is 5.75 Å². The van der Waals surface area contributed by atoms with Gasteiger partial charge in [0.05, 0.1) is 7.11 Å². The zero-order valence-corrected chi connectivity index (χ0v) is 15.9. The second-order valence-corrected chi connectivity index (χ2v) is 6.42. The number of ether oxygens (including phenoxy) is 1. The summed E-state index contributed by atoms with van der Waals surface area (Å²) in [5, 5.41) is 5.57. The number of nitrogens with one attached hydrogen (secondary N) is 2. The smallest absolute Gasteiger partial charge is 0.274 e. The van der Waals surface area contributed by atoms with Crippen molar-refractivity contribution in [2.75, 3.05) is 17.7 Å². The van der Waals surface area contributed by atoms with E-state index in [9.17, 15) is 9.59 Å². The fourth-order valence-corrected chi connectivity index (χ4v) is 2.83. The molecule has 28 heavy (non-hydrogen) atoms. The fraction of sp³-hybridized carbons (Fsp3) is 0.136. The summed E-state index contributed by atoms with van der Waals surface area (Å²) in [6.45, 7) is 3.93. The second-order valence-electron chi connectivity index (χ2n) is 6.42. The van der Waals surface area contributed by atoms with E-state index in [4.69, 9.17) is 4.74 Å². The molecule has 0 spiro atoms. The van der Waals surface area contributed by atoms with Crippen LogP contribution in [0, 0.1) is 13.8 Å². The van der Waals surface area contributed by atoms with Gasteiger partial charge in [-0.25, -0.2) is 4.98 Å². The van der Waals surface area contributed by atoms with Gasteiger partial charge < -0.3 is 15.4 Å². The Hall–Kier alpha value is -3.67. The Morgan fingerprint density at radius 3 is 1.96 bits per heavy atom. The number of rotatable bonds is 5. The lowest BCUT2D eigenvalue weighted by molar-refractivity contribution is 0.101. The van der Waals surface area contributed by atoms with E-state index in [2.05, 4.69) is 15.6 Å². The molecular formula is C22H21N3O3. The third-order valence-corrected chi connectivity index (χ3v) is 4.02. The summed E-state index contributed by atoms with van der Waals surface area (Å²) in [5.41, 5.74) is 3.68. The Kier molecular flexibility index (Phi) is 5.69. The SMILES string of the molecule is COc1cccc(NC(=O)c2cccc(C(=O)Nc3cc(C)cc(C)c3)n2)c1. The van der Waals surface area contributed by atoms with Gasteiger partial charge in [0, 0.05) is 17.4 Å². The summed E-state index contributed by atoms with van der Waals surface area (Å²) in [5.74, 6) is -0.150. The van der Waals surface area contributed by atoms with E-state index < -0.39 is 5.91 Å². The molecule has 142 valence electrons. The number of hydrogen-bond acceptors (Lipinski definition) is 4. The highest BCUT2D eigenvalue weighted by atomic mass is 16.5. The van der Waals surface area contributed by atoms with Crippen LogP contribution in [0.2, 0.25) is 0 Å². The average Bonchev–Trinajstić information content (AvgIpc) is 2.67. The molecule has 0 aliphatic heterocycles. The molecule has 0 aliphatic carbocycles. The Morgan fingerprint density at radius 2 is 1.36 bits per heavy atom. The van der Waals surface area contributed by atoms with Gasteiger partial charge in [-0.05, 0) is 61.4 Å². The number of anilines is 2. The number of aryl methyl sites for hydroxylation is 2. The van der Waals surface area contributed by atoms with Crippen LogP contribution in [0.3, 0.4) is 0 Å². The highest BCUT2D eigenvalue weighted by Gasteiger charge is 2.13. The lowest BCUT2D eigenvalue weighted by atomic mass is 10.1. The van der Waals surface area contributed by atoms with Crippen LogP contribution in [-0.2, 0) is 0 Å². The molecule has 1 aromatic heterocycles. The van der Waals surface area contributed by atoms with E-state index in [1.165, 1.54) is 0 Å².